The van der Waals surface area contributed by atoms with Crippen LogP contribution in [0.5, 0.6) is 0 Å². The Morgan fingerprint density at radius 2 is 2.20 bits per heavy atom. The number of amides is 2. The third-order valence-electron chi connectivity index (χ3n) is 3.65. The highest BCUT2D eigenvalue weighted by Gasteiger charge is 2.37. The highest BCUT2D eigenvalue weighted by Crippen LogP contribution is 2.30. The molecule has 0 aromatic heterocycles. The Kier molecular flexibility index (Phi) is 3.56. The van der Waals surface area contributed by atoms with Crippen LogP contribution in [0.15, 0.2) is 15.0 Å². The van der Waals surface area contributed by atoms with E-state index in [2.05, 4.69) is 25.2 Å². The van der Waals surface area contributed by atoms with E-state index in [1.807, 2.05) is 0 Å². The predicted octanol–water partition coefficient (Wildman–Crippen LogP) is -0.117. The van der Waals surface area contributed by atoms with Gasteiger partial charge in [-0.1, -0.05) is 11.8 Å². The summed E-state index contributed by atoms with van der Waals surface area (Å²) in [7, 11) is 1.67. The monoisotopic (exact) mass is 293 g/mol. The lowest BCUT2D eigenvalue weighted by Gasteiger charge is -2.31. The first kappa shape index (κ1) is 13.3. The van der Waals surface area contributed by atoms with Crippen molar-refractivity contribution in [2.75, 3.05) is 20.1 Å². The average Bonchev–Trinajstić information content (AvgIpc) is 2.92. The molecule has 2 amide bonds. The molecular formula is C12H15N5O2S. The molecule has 3 heterocycles. The zero-order valence-electron chi connectivity index (χ0n) is 11.1. The van der Waals surface area contributed by atoms with E-state index in [0.717, 1.165) is 31.1 Å². The van der Waals surface area contributed by atoms with Gasteiger partial charge in [-0.2, -0.15) is 0 Å². The summed E-state index contributed by atoms with van der Waals surface area (Å²) >= 11 is 1.41. The number of hydrogen-bond acceptors (Lipinski definition) is 6. The van der Waals surface area contributed by atoms with E-state index in [-0.39, 0.29) is 23.0 Å². The number of carbonyl (C=O) groups is 2. The Labute approximate surface area is 120 Å². The number of hydrogen-bond donors (Lipinski definition) is 1. The maximum atomic E-state index is 11.6. The molecule has 7 nitrogen and oxygen atoms in total. The van der Waals surface area contributed by atoms with Crippen LogP contribution in [0.1, 0.15) is 12.8 Å². The zero-order valence-corrected chi connectivity index (χ0v) is 11.9. The normalized spacial score (nSPS) is 26.1. The summed E-state index contributed by atoms with van der Waals surface area (Å²) in [4.78, 5) is 37.5. The predicted molar refractivity (Wildman–Crippen MR) is 78.1 cm³/mol. The van der Waals surface area contributed by atoms with Crippen LogP contribution in [0, 0.1) is 5.92 Å². The largest absolute Gasteiger partial charge is 0.359 e. The van der Waals surface area contributed by atoms with E-state index in [0.29, 0.717) is 5.84 Å². The van der Waals surface area contributed by atoms with Gasteiger partial charge in [-0.25, -0.2) is 15.0 Å². The van der Waals surface area contributed by atoms with Crippen molar-refractivity contribution >= 4 is 40.9 Å². The topological polar surface area (TPSA) is 86.5 Å². The third-order valence-corrected chi connectivity index (χ3v) is 4.86. The summed E-state index contributed by atoms with van der Waals surface area (Å²) in [5, 5.41) is 3.13. The number of nitrogens with one attached hydrogen (secondary N) is 1. The van der Waals surface area contributed by atoms with Gasteiger partial charge >= 0.3 is 0 Å². The van der Waals surface area contributed by atoms with Crippen LogP contribution in [0.4, 0.5) is 0 Å². The number of piperidine rings is 1. The summed E-state index contributed by atoms with van der Waals surface area (Å²) in [6.07, 6.45) is 2.88. The van der Waals surface area contributed by atoms with E-state index < -0.39 is 0 Å². The Bertz CT molecular complexity index is 534. The van der Waals surface area contributed by atoms with E-state index >= 15 is 0 Å². The van der Waals surface area contributed by atoms with Crippen molar-refractivity contribution in [1.82, 2.24) is 10.2 Å². The standard InChI is InChI=1S/C12H15N5O2S/c1-13-10(18)7-2-4-17(5-3-7)12-16-9-8(20-12)11(19)15-6-14-9/h6-8H,2-5H2,1H3,(H,13,18). The number of rotatable bonds is 1. The lowest BCUT2D eigenvalue weighted by atomic mass is 9.96. The van der Waals surface area contributed by atoms with E-state index in [9.17, 15) is 9.59 Å². The molecule has 20 heavy (non-hydrogen) atoms. The Morgan fingerprint density at radius 1 is 1.45 bits per heavy atom. The molecule has 1 atom stereocenters. The number of amidine groups is 2. The van der Waals surface area contributed by atoms with Gasteiger partial charge in [-0.3, -0.25) is 9.59 Å². The van der Waals surface area contributed by atoms with Crippen molar-refractivity contribution in [3.8, 4) is 0 Å². The van der Waals surface area contributed by atoms with Crippen LogP contribution in [0.3, 0.4) is 0 Å². The molecule has 3 rings (SSSR count). The van der Waals surface area contributed by atoms with Crippen LogP contribution in [0.25, 0.3) is 0 Å². The van der Waals surface area contributed by atoms with Gasteiger partial charge in [0, 0.05) is 26.1 Å². The summed E-state index contributed by atoms with van der Waals surface area (Å²) in [6, 6.07) is 0. The van der Waals surface area contributed by atoms with Crippen LogP contribution in [-0.2, 0) is 9.59 Å². The molecule has 3 aliphatic rings. The maximum absolute atomic E-state index is 11.6. The SMILES string of the molecule is CNC(=O)C1CCN(C2=NC3=NC=NC(=O)C3S2)CC1. The highest BCUT2D eigenvalue weighted by molar-refractivity contribution is 8.16. The fraction of sp³-hybridized carbons (Fsp3) is 0.583. The number of thioether (sulfide) groups is 1. The molecule has 0 aromatic rings. The molecule has 1 N–H and O–H groups in total. The minimum atomic E-state index is -0.383. The first-order valence-corrected chi connectivity index (χ1v) is 7.43. The van der Waals surface area contributed by atoms with Crippen molar-refractivity contribution in [1.29, 1.82) is 0 Å². The Balaban J connectivity index is 1.64. The van der Waals surface area contributed by atoms with Crippen molar-refractivity contribution in [2.45, 2.75) is 18.1 Å². The lowest BCUT2D eigenvalue weighted by Crippen LogP contribution is -2.41. The Morgan fingerprint density at radius 3 is 2.85 bits per heavy atom. The van der Waals surface area contributed by atoms with Gasteiger partial charge in [0.25, 0.3) is 5.91 Å². The quantitative estimate of drug-likeness (QED) is 0.730. The molecule has 106 valence electrons. The van der Waals surface area contributed by atoms with Gasteiger partial charge < -0.3 is 10.2 Å². The second-order valence-corrected chi connectivity index (χ2v) is 5.91. The number of aliphatic imine (C=N–C) groups is 3. The van der Waals surface area contributed by atoms with Crippen molar-refractivity contribution in [2.24, 2.45) is 20.9 Å². The third kappa shape index (κ3) is 2.35. The number of carbonyl (C=O) groups excluding carboxylic acids is 2. The number of likely N-dealkylation sites (tertiary alicyclic amines) is 1. The van der Waals surface area contributed by atoms with Gasteiger partial charge in [-0.15, -0.1) is 0 Å². The molecule has 1 saturated heterocycles. The summed E-state index contributed by atoms with van der Waals surface area (Å²) in [6.45, 7) is 1.55. The molecule has 3 aliphatic heterocycles. The fourth-order valence-corrected chi connectivity index (χ4v) is 3.56. The first-order chi connectivity index (χ1) is 9.69. The van der Waals surface area contributed by atoms with Crippen molar-refractivity contribution in [3.63, 3.8) is 0 Å². The van der Waals surface area contributed by atoms with Crippen molar-refractivity contribution < 1.29 is 9.59 Å². The molecule has 8 heteroatoms. The van der Waals surface area contributed by atoms with Gasteiger partial charge in [0.05, 0.1) is 0 Å². The second-order valence-electron chi connectivity index (χ2n) is 4.84. The van der Waals surface area contributed by atoms with Gasteiger partial charge in [0.2, 0.25) is 5.91 Å². The Hall–Kier alpha value is -1.70. The van der Waals surface area contributed by atoms with Crippen LogP contribution >= 0.6 is 11.8 Å². The first-order valence-electron chi connectivity index (χ1n) is 6.55. The molecule has 1 unspecified atom stereocenters. The lowest BCUT2D eigenvalue weighted by molar-refractivity contribution is -0.125. The van der Waals surface area contributed by atoms with Crippen LogP contribution in [0.2, 0.25) is 0 Å². The number of fused-ring (bicyclic) bond motifs is 1. The van der Waals surface area contributed by atoms with Gasteiger partial charge in [0.1, 0.15) is 6.34 Å². The summed E-state index contributed by atoms with van der Waals surface area (Å²) < 4.78 is 0. The van der Waals surface area contributed by atoms with Gasteiger partial charge in [0.15, 0.2) is 16.3 Å². The van der Waals surface area contributed by atoms with E-state index in [4.69, 9.17) is 0 Å². The van der Waals surface area contributed by atoms with E-state index in [1.54, 1.807) is 7.05 Å². The summed E-state index contributed by atoms with van der Waals surface area (Å²) in [5.41, 5.74) is 0. The number of nitrogens with zero attached hydrogens (tertiary/aromatic N) is 4. The minimum Gasteiger partial charge on any atom is -0.359 e. The zero-order chi connectivity index (χ0) is 14.1. The molecule has 0 spiro atoms. The van der Waals surface area contributed by atoms with E-state index in [1.165, 1.54) is 18.1 Å². The van der Waals surface area contributed by atoms with Crippen molar-refractivity contribution in [3.05, 3.63) is 0 Å². The smallest absolute Gasteiger partial charge is 0.268 e. The molecule has 0 aliphatic carbocycles. The maximum Gasteiger partial charge on any atom is 0.268 e. The second kappa shape index (κ2) is 5.35. The minimum absolute atomic E-state index is 0.0767. The molecular weight excluding hydrogens is 278 g/mol. The highest BCUT2D eigenvalue weighted by atomic mass is 32.2. The molecule has 1 fully saturated rings. The average molecular weight is 293 g/mol. The molecule has 0 saturated carbocycles. The molecule has 0 aromatic carbocycles. The summed E-state index contributed by atoms with van der Waals surface area (Å²) in [5.74, 6) is 0.526. The van der Waals surface area contributed by atoms with Crippen LogP contribution < -0.4 is 5.32 Å². The molecule has 0 radical (unpaired) electrons. The van der Waals surface area contributed by atoms with Crippen LogP contribution in [-0.4, -0.2) is 59.4 Å². The molecule has 0 bridgehead atoms. The fourth-order valence-electron chi connectivity index (χ4n) is 2.49. The van der Waals surface area contributed by atoms with Gasteiger partial charge in [-0.05, 0) is 12.8 Å².